The third-order valence-corrected chi connectivity index (χ3v) is 3.32. The molecule has 10 nitrogen and oxygen atoms in total. The molecule has 25 heavy (non-hydrogen) atoms. The first-order chi connectivity index (χ1) is 11.6. The van der Waals surface area contributed by atoms with E-state index in [0.717, 1.165) is 0 Å². The fourth-order valence-electron chi connectivity index (χ4n) is 2.50. The molecular weight excluding hydrogens is 338 g/mol. The van der Waals surface area contributed by atoms with E-state index in [2.05, 4.69) is 5.32 Å². The molecule has 10 heteroatoms. The largest absolute Gasteiger partial charge is 0.463 e. The van der Waals surface area contributed by atoms with E-state index >= 15 is 0 Å². The van der Waals surface area contributed by atoms with E-state index < -0.39 is 54.5 Å². The van der Waals surface area contributed by atoms with Gasteiger partial charge in [0.25, 0.3) is 0 Å². The van der Waals surface area contributed by atoms with Crippen LogP contribution >= 0.6 is 0 Å². The van der Waals surface area contributed by atoms with Gasteiger partial charge in [-0.2, -0.15) is 0 Å². The normalized spacial score (nSPS) is 28.6. The fraction of sp³-hybridized carbons (Fsp3) is 0.733. The lowest BCUT2D eigenvalue weighted by Crippen LogP contribution is -2.66. The van der Waals surface area contributed by atoms with Gasteiger partial charge in [0.05, 0.1) is 0 Å². The highest BCUT2D eigenvalue weighted by atomic mass is 16.7. The molecule has 1 rings (SSSR count). The van der Waals surface area contributed by atoms with Gasteiger partial charge >= 0.3 is 17.9 Å². The van der Waals surface area contributed by atoms with Gasteiger partial charge in [0, 0.05) is 34.8 Å². The van der Waals surface area contributed by atoms with Gasteiger partial charge in [-0.1, -0.05) is 0 Å². The van der Waals surface area contributed by atoms with Crippen LogP contribution in [0.2, 0.25) is 0 Å². The summed E-state index contributed by atoms with van der Waals surface area (Å²) in [5, 5.41) is 2.56. The Morgan fingerprint density at radius 2 is 1.52 bits per heavy atom. The van der Waals surface area contributed by atoms with Crippen LogP contribution in [0.15, 0.2) is 0 Å². The summed E-state index contributed by atoms with van der Waals surface area (Å²) in [6.07, 6.45) is -4.05. The predicted octanol–water partition coefficient (Wildman–Crippen LogP) is -0.711. The third-order valence-electron chi connectivity index (χ3n) is 3.32. The van der Waals surface area contributed by atoms with Gasteiger partial charge in [0.15, 0.2) is 6.10 Å². The molecular formula is C15H23NO9. The Labute approximate surface area is 145 Å². The summed E-state index contributed by atoms with van der Waals surface area (Å²) in [4.78, 5) is 45.3. The number of hydrogen-bond donors (Lipinski definition) is 1. The highest BCUT2D eigenvalue weighted by Gasteiger charge is 2.50. The average molecular weight is 361 g/mol. The third kappa shape index (κ3) is 6.31. The van der Waals surface area contributed by atoms with Crippen molar-refractivity contribution in [3.8, 4) is 0 Å². The molecule has 0 aromatic heterocycles. The molecule has 0 bridgehead atoms. The van der Waals surface area contributed by atoms with E-state index in [0.29, 0.717) is 0 Å². The number of nitrogens with one attached hydrogen (secondary N) is 1. The quantitative estimate of drug-likeness (QED) is 0.482. The maximum atomic E-state index is 11.5. The van der Waals surface area contributed by atoms with E-state index in [1.807, 2.05) is 0 Å². The number of ether oxygens (including phenoxy) is 5. The van der Waals surface area contributed by atoms with Crippen LogP contribution in [0.5, 0.6) is 0 Å². The minimum atomic E-state index is -1.21. The van der Waals surface area contributed by atoms with Crippen LogP contribution in [-0.2, 0) is 42.9 Å². The zero-order valence-corrected chi connectivity index (χ0v) is 14.8. The lowest BCUT2D eigenvalue weighted by molar-refractivity contribution is -0.271. The van der Waals surface area contributed by atoms with E-state index in [1.165, 1.54) is 34.8 Å². The highest BCUT2D eigenvalue weighted by molar-refractivity contribution is 5.73. The second kappa shape index (κ2) is 9.33. The second-order valence-electron chi connectivity index (χ2n) is 5.46. The molecule has 0 radical (unpaired) electrons. The van der Waals surface area contributed by atoms with E-state index in [4.69, 9.17) is 23.7 Å². The van der Waals surface area contributed by atoms with Crippen LogP contribution < -0.4 is 5.32 Å². The van der Waals surface area contributed by atoms with Gasteiger partial charge in [-0.05, 0) is 0 Å². The lowest BCUT2D eigenvalue weighted by Gasteiger charge is -2.44. The molecule has 1 unspecified atom stereocenters. The van der Waals surface area contributed by atoms with Gasteiger partial charge in [0.2, 0.25) is 12.2 Å². The molecule has 0 aliphatic carbocycles. The molecule has 1 saturated heterocycles. The van der Waals surface area contributed by atoms with Crippen molar-refractivity contribution in [2.24, 2.45) is 0 Å². The first kappa shape index (κ1) is 20.8. The molecule has 1 aliphatic heterocycles. The zero-order valence-electron chi connectivity index (χ0n) is 14.8. The van der Waals surface area contributed by atoms with Crippen LogP contribution in [0.1, 0.15) is 27.7 Å². The van der Waals surface area contributed by atoms with Crippen molar-refractivity contribution >= 4 is 23.8 Å². The molecule has 1 amide bonds. The van der Waals surface area contributed by atoms with E-state index in [9.17, 15) is 19.2 Å². The summed E-state index contributed by atoms with van der Waals surface area (Å²) in [5.74, 6) is -2.25. The zero-order chi connectivity index (χ0) is 19.1. The Hall–Kier alpha value is -2.20. The molecule has 0 aromatic rings. The van der Waals surface area contributed by atoms with Crippen LogP contribution in [-0.4, -0.2) is 68.2 Å². The summed E-state index contributed by atoms with van der Waals surface area (Å²) in [6, 6.07) is -0.927. The first-order valence-corrected chi connectivity index (χ1v) is 7.58. The summed E-state index contributed by atoms with van der Waals surface area (Å²) in [6.45, 7) is 4.60. The number of hydrogen-bond acceptors (Lipinski definition) is 9. The van der Waals surface area contributed by atoms with Crippen LogP contribution in [0.25, 0.3) is 0 Å². The minimum Gasteiger partial charge on any atom is -0.463 e. The molecule has 0 saturated carbocycles. The van der Waals surface area contributed by atoms with Gasteiger partial charge in [0.1, 0.15) is 24.9 Å². The summed E-state index contributed by atoms with van der Waals surface area (Å²) >= 11 is 0. The van der Waals surface area contributed by atoms with Gasteiger partial charge in [-0.25, -0.2) is 0 Å². The number of methoxy groups -OCH3 is 1. The summed E-state index contributed by atoms with van der Waals surface area (Å²) < 4.78 is 26.2. The molecule has 1 heterocycles. The van der Waals surface area contributed by atoms with Crippen LogP contribution in [0.4, 0.5) is 0 Å². The Balaban J connectivity index is 3.14. The van der Waals surface area contributed by atoms with Crippen molar-refractivity contribution in [1.29, 1.82) is 0 Å². The molecule has 5 atom stereocenters. The average Bonchev–Trinajstić information content (AvgIpc) is 2.46. The van der Waals surface area contributed by atoms with Crippen molar-refractivity contribution in [2.75, 3.05) is 13.7 Å². The molecule has 1 N–H and O–H groups in total. The monoisotopic (exact) mass is 361 g/mol. The van der Waals surface area contributed by atoms with E-state index in [1.54, 1.807) is 0 Å². The van der Waals surface area contributed by atoms with Crippen molar-refractivity contribution in [1.82, 2.24) is 5.32 Å². The van der Waals surface area contributed by atoms with Crippen molar-refractivity contribution in [3.05, 3.63) is 0 Å². The number of carbonyl (C=O) groups excluding carboxylic acids is 4. The first-order valence-electron chi connectivity index (χ1n) is 7.58. The number of esters is 3. The van der Waals surface area contributed by atoms with Crippen LogP contribution in [0.3, 0.4) is 0 Å². The highest BCUT2D eigenvalue weighted by Crippen LogP contribution is 2.27. The number of amides is 1. The molecule has 1 fully saturated rings. The Morgan fingerprint density at radius 1 is 0.920 bits per heavy atom. The topological polar surface area (TPSA) is 126 Å². The molecule has 1 aliphatic rings. The minimum absolute atomic E-state index is 0.252. The Morgan fingerprint density at radius 3 is 1.96 bits per heavy atom. The second-order valence-corrected chi connectivity index (χ2v) is 5.46. The maximum Gasteiger partial charge on any atom is 0.305 e. The fourth-order valence-corrected chi connectivity index (χ4v) is 2.50. The van der Waals surface area contributed by atoms with Crippen LogP contribution in [0, 0.1) is 0 Å². The number of rotatable bonds is 6. The standard InChI is InChI=1S/C15H23NO9/c1-7(17)16-12-14(21-5)13(23-9(3)19)11(6-22-8(2)18)25-15(12)24-10(4)20/h11-15H,6H2,1-5H3,(H,16,17)/t11-,12-,13-,14-,15?/m1/s1. The van der Waals surface area contributed by atoms with Gasteiger partial charge in [-0.15, -0.1) is 0 Å². The molecule has 0 spiro atoms. The lowest BCUT2D eigenvalue weighted by atomic mass is 9.96. The van der Waals surface area contributed by atoms with Crippen molar-refractivity contribution in [3.63, 3.8) is 0 Å². The molecule has 0 aromatic carbocycles. The summed E-state index contributed by atoms with van der Waals surface area (Å²) in [5.41, 5.74) is 0. The molecule has 142 valence electrons. The van der Waals surface area contributed by atoms with Crippen molar-refractivity contribution < 1.29 is 42.9 Å². The Kier molecular flexibility index (Phi) is 7.78. The summed E-state index contributed by atoms with van der Waals surface area (Å²) in [7, 11) is 1.34. The maximum absolute atomic E-state index is 11.5. The predicted molar refractivity (Wildman–Crippen MR) is 81.0 cm³/mol. The SMILES string of the molecule is CO[C@H]1[C@H](OC(C)=O)[C@@H](COC(C)=O)OC(OC(C)=O)[C@@H]1NC(C)=O. The van der Waals surface area contributed by atoms with E-state index in [-0.39, 0.29) is 6.61 Å². The Bertz CT molecular complexity index is 521. The number of carbonyl (C=O) groups is 4. The van der Waals surface area contributed by atoms with Gasteiger partial charge < -0.3 is 29.0 Å². The van der Waals surface area contributed by atoms with Crippen molar-refractivity contribution in [2.45, 2.75) is 58.3 Å². The van der Waals surface area contributed by atoms with Gasteiger partial charge in [-0.3, -0.25) is 19.2 Å². The smallest absolute Gasteiger partial charge is 0.305 e.